The number of aryl methyl sites for hydroxylation is 1. The maximum absolute atomic E-state index is 12.4. The minimum atomic E-state index is 0.116. The molecule has 1 aliphatic heterocycles. The second kappa shape index (κ2) is 8.48. The topological polar surface area (TPSA) is 50.2 Å². The van der Waals surface area contributed by atoms with Crippen LogP contribution in [0.5, 0.6) is 0 Å². The predicted octanol–water partition coefficient (Wildman–Crippen LogP) is 3.18. The van der Waals surface area contributed by atoms with Crippen LogP contribution in [0.3, 0.4) is 0 Å². The van der Waals surface area contributed by atoms with Crippen molar-refractivity contribution in [3.8, 4) is 0 Å². The van der Waals surface area contributed by atoms with Crippen LogP contribution in [-0.4, -0.2) is 40.0 Å². The molecule has 1 aromatic heterocycles. The lowest BCUT2D eigenvalue weighted by molar-refractivity contribution is -0.126. The molecule has 0 saturated carbocycles. The van der Waals surface area contributed by atoms with Crippen LogP contribution < -0.4 is 5.32 Å². The summed E-state index contributed by atoms with van der Waals surface area (Å²) in [7, 11) is 0. The van der Waals surface area contributed by atoms with Crippen LogP contribution in [0.2, 0.25) is 0 Å². The second-order valence-corrected chi connectivity index (χ2v) is 6.98. The molecule has 1 atom stereocenters. The number of nitrogens with zero attached hydrogens (tertiary/aromatic N) is 3. The molecule has 1 saturated heterocycles. The smallest absolute Gasteiger partial charge is 0.224 e. The molecule has 136 valence electrons. The number of imidazole rings is 1. The molecule has 1 N–H and O–H groups in total. The number of nitrogens with one attached hydrogen (secondary N) is 1. The van der Waals surface area contributed by atoms with Crippen molar-refractivity contribution in [1.82, 2.24) is 19.8 Å². The minimum Gasteiger partial charge on any atom is -0.356 e. The molecule has 1 fully saturated rings. The van der Waals surface area contributed by atoms with Gasteiger partial charge in [-0.05, 0) is 44.9 Å². The Bertz CT molecular complexity index is 709. The predicted molar refractivity (Wildman–Crippen MR) is 101 cm³/mol. The first-order chi connectivity index (χ1) is 12.2. The van der Waals surface area contributed by atoms with Crippen LogP contribution in [0.15, 0.2) is 24.3 Å². The molecular weight excluding hydrogens is 312 g/mol. The van der Waals surface area contributed by atoms with Gasteiger partial charge in [-0.1, -0.05) is 25.5 Å². The third-order valence-corrected chi connectivity index (χ3v) is 5.12. The maximum atomic E-state index is 12.4. The van der Waals surface area contributed by atoms with E-state index in [1.807, 2.05) is 6.07 Å². The Hall–Kier alpha value is -1.88. The van der Waals surface area contributed by atoms with Crippen LogP contribution in [0.1, 0.15) is 45.4 Å². The van der Waals surface area contributed by atoms with E-state index in [0.717, 1.165) is 69.7 Å². The van der Waals surface area contributed by atoms with Crippen molar-refractivity contribution in [3.63, 3.8) is 0 Å². The lowest BCUT2D eigenvalue weighted by atomic mass is 9.97. The van der Waals surface area contributed by atoms with Crippen molar-refractivity contribution in [2.45, 2.75) is 52.6 Å². The number of unbranched alkanes of at least 4 members (excludes halogenated alkanes) is 1. The maximum Gasteiger partial charge on any atom is 0.224 e. The van der Waals surface area contributed by atoms with Gasteiger partial charge in [-0.15, -0.1) is 0 Å². The van der Waals surface area contributed by atoms with Gasteiger partial charge in [0.2, 0.25) is 5.91 Å². The highest BCUT2D eigenvalue weighted by molar-refractivity contribution is 5.79. The third kappa shape index (κ3) is 4.21. The Kier molecular flexibility index (Phi) is 6.08. The van der Waals surface area contributed by atoms with E-state index in [1.165, 1.54) is 5.52 Å². The van der Waals surface area contributed by atoms with Gasteiger partial charge in [0.25, 0.3) is 0 Å². The van der Waals surface area contributed by atoms with Gasteiger partial charge >= 0.3 is 0 Å². The molecule has 0 aliphatic carbocycles. The SMILES string of the molecule is CCCCNC(=O)[C@@H]1CCCN(Cc2nc3ccccc3n2CC)C1. The van der Waals surface area contributed by atoms with Crippen LogP contribution in [0.4, 0.5) is 0 Å². The number of fused-ring (bicyclic) bond motifs is 1. The first kappa shape index (κ1) is 17.9. The van der Waals surface area contributed by atoms with E-state index in [-0.39, 0.29) is 11.8 Å². The molecule has 1 aliphatic rings. The fourth-order valence-electron chi connectivity index (χ4n) is 3.74. The first-order valence-electron chi connectivity index (χ1n) is 9.67. The molecule has 0 bridgehead atoms. The van der Waals surface area contributed by atoms with Crippen molar-refractivity contribution >= 4 is 16.9 Å². The van der Waals surface area contributed by atoms with E-state index in [2.05, 4.69) is 46.8 Å². The molecule has 1 amide bonds. The number of rotatable bonds is 7. The van der Waals surface area contributed by atoms with Crippen molar-refractivity contribution in [2.75, 3.05) is 19.6 Å². The molecule has 5 heteroatoms. The summed E-state index contributed by atoms with van der Waals surface area (Å²) < 4.78 is 2.29. The molecule has 2 aromatic rings. The summed E-state index contributed by atoms with van der Waals surface area (Å²) >= 11 is 0. The van der Waals surface area contributed by atoms with Gasteiger partial charge in [0, 0.05) is 19.6 Å². The van der Waals surface area contributed by atoms with E-state index in [9.17, 15) is 4.79 Å². The van der Waals surface area contributed by atoms with Gasteiger partial charge in [-0.25, -0.2) is 4.98 Å². The van der Waals surface area contributed by atoms with Gasteiger partial charge in [0.05, 0.1) is 23.5 Å². The van der Waals surface area contributed by atoms with E-state index in [4.69, 9.17) is 4.98 Å². The normalized spacial score (nSPS) is 18.6. The number of carbonyl (C=O) groups is 1. The van der Waals surface area contributed by atoms with Gasteiger partial charge in [0.15, 0.2) is 0 Å². The van der Waals surface area contributed by atoms with E-state index in [0.29, 0.717) is 0 Å². The average Bonchev–Trinajstić information content (AvgIpc) is 2.99. The van der Waals surface area contributed by atoms with Crippen molar-refractivity contribution in [1.29, 1.82) is 0 Å². The molecule has 0 radical (unpaired) electrons. The summed E-state index contributed by atoms with van der Waals surface area (Å²) in [5.74, 6) is 1.45. The molecule has 0 unspecified atom stereocenters. The quantitative estimate of drug-likeness (QED) is 0.786. The second-order valence-electron chi connectivity index (χ2n) is 6.98. The highest BCUT2D eigenvalue weighted by atomic mass is 16.1. The van der Waals surface area contributed by atoms with Crippen LogP contribution in [0.25, 0.3) is 11.0 Å². The lowest BCUT2D eigenvalue weighted by Gasteiger charge is -2.31. The first-order valence-corrected chi connectivity index (χ1v) is 9.67. The third-order valence-electron chi connectivity index (χ3n) is 5.12. The summed E-state index contributed by atoms with van der Waals surface area (Å²) in [6.45, 7) is 8.74. The van der Waals surface area contributed by atoms with Crippen molar-refractivity contribution in [3.05, 3.63) is 30.1 Å². The molecule has 1 aromatic carbocycles. The lowest BCUT2D eigenvalue weighted by Crippen LogP contribution is -2.43. The summed E-state index contributed by atoms with van der Waals surface area (Å²) in [5.41, 5.74) is 2.26. The summed E-state index contributed by atoms with van der Waals surface area (Å²) in [4.78, 5) is 19.6. The fourth-order valence-corrected chi connectivity index (χ4v) is 3.74. The van der Waals surface area contributed by atoms with Gasteiger partial charge in [0.1, 0.15) is 5.82 Å². The zero-order valence-electron chi connectivity index (χ0n) is 15.5. The van der Waals surface area contributed by atoms with Gasteiger partial charge < -0.3 is 9.88 Å². The van der Waals surface area contributed by atoms with Crippen molar-refractivity contribution in [2.24, 2.45) is 5.92 Å². The number of hydrogen-bond acceptors (Lipinski definition) is 3. The fraction of sp³-hybridized carbons (Fsp3) is 0.600. The molecule has 0 spiro atoms. The summed E-state index contributed by atoms with van der Waals surface area (Å²) in [6.07, 6.45) is 4.25. The number of piperidine rings is 1. The minimum absolute atomic E-state index is 0.116. The molecule has 25 heavy (non-hydrogen) atoms. The largest absolute Gasteiger partial charge is 0.356 e. The Labute approximate surface area is 150 Å². The zero-order chi connectivity index (χ0) is 17.6. The Morgan fingerprint density at radius 2 is 2.16 bits per heavy atom. The standard InChI is InChI=1S/C20H30N4O/c1-3-5-12-21-20(25)16-9-8-13-23(14-16)15-19-22-17-10-6-7-11-18(17)24(19)4-2/h6-7,10-11,16H,3-5,8-9,12-15H2,1-2H3,(H,21,25)/t16-/m1/s1. The van der Waals surface area contributed by atoms with Crippen LogP contribution >= 0.6 is 0 Å². The number of para-hydroxylation sites is 2. The molecule has 3 rings (SSSR count). The highest BCUT2D eigenvalue weighted by Gasteiger charge is 2.26. The molecule has 5 nitrogen and oxygen atoms in total. The van der Waals surface area contributed by atoms with Crippen LogP contribution in [0, 0.1) is 5.92 Å². The van der Waals surface area contributed by atoms with Gasteiger partial charge in [-0.2, -0.15) is 0 Å². The highest BCUT2D eigenvalue weighted by Crippen LogP contribution is 2.21. The van der Waals surface area contributed by atoms with Gasteiger partial charge in [-0.3, -0.25) is 9.69 Å². The number of likely N-dealkylation sites (tertiary alicyclic amines) is 1. The Balaban J connectivity index is 1.65. The van der Waals surface area contributed by atoms with E-state index >= 15 is 0 Å². The summed E-state index contributed by atoms with van der Waals surface area (Å²) in [5, 5.41) is 3.10. The average molecular weight is 342 g/mol. The number of amides is 1. The van der Waals surface area contributed by atoms with Crippen molar-refractivity contribution < 1.29 is 4.79 Å². The number of aromatic nitrogens is 2. The number of hydrogen-bond donors (Lipinski definition) is 1. The Morgan fingerprint density at radius 1 is 1.32 bits per heavy atom. The monoisotopic (exact) mass is 342 g/mol. The van der Waals surface area contributed by atoms with Crippen LogP contribution in [-0.2, 0) is 17.9 Å². The van der Waals surface area contributed by atoms with E-state index in [1.54, 1.807) is 0 Å². The number of benzene rings is 1. The molecular formula is C20H30N4O. The zero-order valence-corrected chi connectivity index (χ0v) is 15.5. The Morgan fingerprint density at radius 3 is 2.96 bits per heavy atom. The molecule has 2 heterocycles. The number of carbonyl (C=O) groups excluding carboxylic acids is 1. The summed E-state index contributed by atoms with van der Waals surface area (Å²) in [6, 6.07) is 8.31. The van der Waals surface area contributed by atoms with E-state index < -0.39 is 0 Å².